The largest absolute Gasteiger partial charge is 0.494 e. The number of anilines is 2. The van der Waals surface area contributed by atoms with Crippen molar-refractivity contribution in [1.29, 1.82) is 0 Å². The quantitative estimate of drug-likeness (QED) is 0.868. The third-order valence-corrected chi connectivity index (χ3v) is 2.90. The van der Waals surface area contributed by atoms with Crippen LogP contribution in [0.15, 0.2) is 29.6 Å². The highest BCUT2D eigenvalue weighted by molar-refractivity contribution is 7.14. The lowest BCUT2D eigenvalue weighted by atomic mass is 10.3. The monoisotopic (exact) mass is 264 g/mol. The zero-order valence-electron chi connectivity index (χ0n) is 9.71. The Balaban J connectivity index is 2.06. The van der Waals surface area contributed by atoms with E-state index >= 15 is 0 Å². The molecule has 0 atom stereocenters. The van der Waals surface area contributed by atoms with E-state index in [-0.39, 0.29) is 5.69 Å². The number of carboxylic acid groups (broad SMARTS) is 1. The van der Waals surface area contributed by atoms with Crippen molar-refractivity contribution in [2.24, 2.45) is 0 Å². The van der Waals surface area contributed by atoms with E-state index in [2.05, 4.69) is 10.3 Å². The van der Waals surface area contributed by atoms with Crippen LogP contribution in [0, 0.1) is 0 Å². The Bertz CT molecular complexity index is 537. The minimum absolute atomic E-state index is 0.0495. The van der Waals surface area contributed by atoms with E-state index in [4.69, 9.17) is 9.84 Å². The summed E-state index contributed by atoms with van der Waals surface area (Å²) in [6, 6.07) is 7.40. The highest BCUT2D eigenvalue weighted by Gasteiger charge is 2.08. The van der Waals surface area contributed by atoms with Crippen LogP contribution in [0.3, 0.4) is 0 Å². The van der Waals surface area contributed by atoms with E-state index in [0.29, 0.717) is 11.7 Å². The van der Waals surface area contributed by atoms with E-state index in [0.717, 1.165) is 11.4 Å². The maximum absolute atomic E-state index is 10.7. The van der Waals surface area contributed by atoms with E-state index in [1.54, 1.807) is 0 Å². The van der Waals surface area contributed by atoms with Crippen LogP contribution in [0.2, 0.25) is 0 Å². The zero-order valence-corrected chi connectivity index (χ0v) is 10.5. The van der Waals surface area contributed by atoms with Crippen LogP contribution < -0.4 is 10.1 Å². The van der Waals surface area contributed by atoms with Crippen molar-refractivity contribution in [3.63, 3.8) is 0 Å². The lowest BCUT2D eigenvalue weighted by molar-refractivity contribution is 0.0691. The molecular formula is C12H12N2O3S. The number of rotatable bonds is 5. The number of thiazole rings is 1. The Labute approximate surface area is 108 Å². The second kappa shape index (κ2) is 5.50. The number of nitrogens with one attached hydrogen (secondary N) is 1. The first-order valence-corrected chi connectivity index (χ1v) is 6.25. The predicted molar refractivity (Wildman–Crippen MR) is 70.0 cm³/mol. The molecule has 94 valence electrons. The van der Waals surface area contributed by atoms with Crippen LogP contribution >= 0.6 is 11.3 Å². The first-order valence-electron chi connectivity index (χ1n) is 5.37. The Hall–Kier alpha value is -2.08. The van der Waals surface area contributed by atoms with Crippen LogP contribution in [0.4, 0.5) is 10.8 Å². The molecule has 2 aromatic rings. The van der Waals surface area contributed by atoms with Gasteiger partial charge >= 0.3 is 5.97 Å². The standard InChI is InChI=1S/C12H12N2O3S/c1-2-17-9-5-3-8(4-6-9)13-12-14-10(7-18-12)11(15)16/h3-7H,2H2,1H3,(H,13,14)(H,15,16). The lowest BCUT2D eigenvalue weighted by Gasteiger charge is -2.05. The molecule has 0 aliphatic heterocycles. The number of ether oxygens (including phenoxy) is 1. The summed E-state index contributed by atoms with van der Waals surface area (Å²) >= 11 is 1.25. The van der Waals surface area contributed by atoms with Crippen LogP contribution in [-0.2, 0) is 0 Å². The summed E-state index contributed by atoms with van der Waals surface area (Å²) in [6.45, 7) is 2.55. The van der Waals surface area contributed by atoms with Gasteiger partial charge in [-0.25, -0.2) is 9.78 Å². The van der Waals surface area contributed by atoms with Gasteiger partial charge in [-0.1, -0.05) is 0 Å². The number of carbonyl (C=O) groups is 1. The fourth-order valence-electron chi connectivity index (χ4n) is 1.35. The highest BCUT2D eigenvalue weighted by atomic mass is 32.1. The fourth-order valence-corrected chi connectivity index (χ4v) is 2.06. The van der Waals surface area contributed by atoms with Crippen LogP contribution in [0.1, 0.15) is 17.4 Å². The number of nitrogens with zero attached hydrogens (tertiary/aromatic N) is 1. The second-order valence-electron chi connectivity index (χ2n) is 3.43. The van der Waals surface area contributed by atoms with Gasteiger partial charge in [0.25, 0.3) is 0 Å². The number of hydrogen-bond donors (Lipinski definition) is 2. The predicted octanol–water partition coefficient (Wildman–Crippen LogP) is 2.98. The average Bonchev–Trinajstić information content (AvgIpc) is 2.81. The minimum Gasteiger partial charge on any atom is -0.494 e. The smallest absolute Gasteiger partial charge is 0.355 e. The Morgan fingerprint density at radius 3 is 2.72 bits per heavy atom. The van der Waals surface area contributed by atoms with Crippen molar-refractivity contribution >= 4 is 28.1 Å². The molecule has 18 heavy (non-hydrogen) atoms. The van der Waals surface area contributed by atoms with Gasteiger partial charge in [-0.3, -0.25) is 0 Å². The molecule has 0 spiro atoms. The molecule has 0 fully saturated rings. The van der Waals surface area contributed by atoms with Crippen LogP contribution in [-0.4, -0.2) is 22.7 Å². The van der Waals surface area contributed by atoms with Crippen molar-refractivity contribution in [2.45, 2.75) is 6.92 Å². The highest BCUT2D eigenvalue weighted by Crippen LogP contribution is 2.22. The second-order valence-corrected chi connectivity index (χ2v) is 4.28. The van der Waals surface area contributed by atoms with E-state index < -0.39 is 5.97 Å². The van der Waals surface area contributed by atoms with Gasteiger partial charge in [-0.15, -0.1) is 11.3 Å². The molecule has 0 amide bonds. The van der Waals surface area contributed by atoms with Gasteiger partial charge < -0.3 is 15.2 Å². The van der Waals surface area contributed by atoms with Crippen molar-refractivity contribution in [3.8, 4) is 5.75 Å². The SMILES string of the molecule is CCOc1ccc(Nc2nc(C(=O)O)cs2)cc1. The lowest BCUT2D eigenvalue weighted by Crippen LogP contribution is -1.97. The summed E-state index contributed by atoms with van der Waals surface area (Å²) in [6.07, 6.45) is 0. The molecule has 2 rings (SSSR count). The summed E-state index contributed by atoms with van der Waals surface area (Å²) in [4.78, 5) is 14.6. The Morgan fingerprint density at radius 2 is 2.17 bits per heavy atom. The summed E-state index contributed by atoms with van der Waals surface area (Å²) < 4.78 is 5.33. The first kappa shape index (κ1) is 12.4. The van der Waals surface area contributed by atoms with E-state index in [1.807, 2.05) is 31.2 Å². The molecule has 1 aromatic carbocycles. The Morgan fingerprint density at radius 1 is 1.44 bits per heavy atom. The Kier molecular flexibility index (Phi) is 3.78. The summed E-state index contributed by atoms with van der Waals surface area (Å²) in [5.74, 6) is -0.223. The van der Waals surface area contributed by atoms with Gasteiger partial charge in [0.15, 0.2) is 10.8 Å². The fraction of sp³-hybridized carbons (Fsp3) is 0.167. The molecule has 0 radical (unpaired) electrons. The zero-order chi connectivity index (χ0) is 13.0. The molecule has 5 nitrogen and oxygen atoms in total. The summed E-state index contributed by atoms with van der Waals surface area (Å²) in [5.41, 5.74) is 0.887. The maximum atomic E-state index is 10.7. The van der Waals surface area contributed by atoms with Crippen molar-refractivity contribution in [1.82, 2.24) is 4.98 Å². The third-order valence-electron chi connectivity index (χ3n) is 2.14. The number of carboxylic acids is 1. The van der Waals surface area contributed by atoms with Gasteiger partial charge in [-0.2, -0.15) is 0 Å². The van der Waals surface area contributed by atoms with Gasteiger partial charge in [0.2, 0.25) is 0 Å². The first-order chi connectivity index (χ1) is 8.69. The molecule has 0 unspecified atom stereocenters. The summed E-state index contributed by atoms with van der Waals surface area (Å²) in [5, 5.41) is 13.8. The van der Waals surface area contributed by atoms with Gasteiger partial charge in [0.1, 0.15) is 5.75 Å². The average molecular weight is 264 g/mol. The van der Waals surface area contributed by atoms with E-state index in [9.17, 15) is 4.79 Å². The molecule has 6 heteroatoms. The third kappa shape index (κ3) is 2.98. The van der Waals surface area contributed by atoms with Crippen molar-refractivity contribution in [2.75, 3.05) is 11.9 Å². The van der Waals surface area contributed by atoms with Crippen molar-refractivity contribution < 1.29 is 14.6 Å². The van der Waals surface area contributed by atoms with E-state index in [1.165, 1.54) is 16.7 Å². The normalized spacial score (nSPS) is 10.1. The van der Waals surface area contributed by atoms with Crippen LogP contribution in [0.5, 0.6) is 5.75 Å². The van der Waals surface area contributed by atoms with Gasteiger partial charge in [0, 0.05) is 11.1 Å². The van der Waals surface area contributed by atoms with Crippen molar-refractivity contribution in [3.05, 3.63) is 35.3 Å². The molecular weight excluding hydrogens is 252 g/mol. The number of benzene rings is 1. The maximum Gasteiger partial charge on any atom is 0.355 e. The minimum atomic E-state index is -1.02. The molecule has 0 saturated heterocycles. The molecule has 1 aromatic heterocycles. The summed E-state index contributed by atoms with van der Waals surface area (Å²) in [7, 11) is 0. The molecule has 0 aliphatic rings. The molecule has 0 saturated carbocycles. The van der Waals surface area contributed by atoms with Crippen LogP contribution in [0.25, 0.3) is 0 Å². The van der Waals surface area contributed by atoms with Gasteiger partial charge in [0.05, 0.1) is 6.61 Å². The molecule has 0 aliphatic carbocycles. The molecule has 2 N–H and O–H groups in total. The van der Waals surface area contributed by atoms with Gasteiger partial charge in [-0.05, 0) is 31.2 Å². The number of hydrogen-bond acceptors (Lipinski definition) is 5. The topological polar surface area (TPSA) is 71.5 Å². The number of aromatic carboxylic acids is 1. The molecule has 0 bridgehead atoms. The number of aromatic nitrogens is 1. The molecule has 1 heterocycles.